The summed E-state index contributed by atoms with van der Waals surface area (Å²) in [6, 6.07) is 13.2. The maximum atomic E-state index is 12.5. The highest BCUT2D eigenvalue weighted by molar-refractivity contribution is 7.88. The number of imidazole rings is 1. The number of carbonyl (C=O) groups is 1. The van der Waals surface area contributed by atoms with Crippen molar-refractivity contribution in [3.63, 3.8) is 0 Å². The molecule has 1 aliphatic rings. The molecular weight excluding hydrogens is 556 g/mol. The van der Waals surface area contributed by atoms with E-state index < -0.39 is 47.2 Å². The molecule has 0 spiro atoms. The van der Waals surface area contributed by atoms with Crippen LogP contribution in [0.4, 0.5) is 23.1 Å². The molecule has 1 fully saturated rings. The van der Waals surface area contributed by atoms with Crippen LogP contribution in [0.3, 0.4) is 0 Å². The summed E-state index contributed by atoms with van der Waals surface area (Å²) in [4.78, 5) is 25.2. The molecule has 0 unspecified atom stereocenters. The number of nitrogens with zero attached hydrogens (tertiary/aromatic N) is 4. The normalized spacial score (nSPS) is 20.8. The van der Waals surface area contributed by atoms with E-state index in [1.165, 1.54) is 29.1 Å². The number of nitrogens with two attached hydrogens (primary N) is 3. The van der Waals surface area contributed by atoms with Gasteiger partial charge in [0, 0.05) is 24.5 Å². The van der Waals surface area contributed by atoms with Crippen molar-refractivity contribution >= 4 is 50.4 Å². The number of anilines is 4. The van der Waals surface area contributed by atoms with Gasteiger partial charge in [0.15, 0.2) is 17.2 Å². The number of carbonyl (C=O) groups excluding carboxylic acids is 1. The summed E-state index contributed by atoms with van der Waals surface area (Å²) in [6.07, 6.45) is -1.63. The zero-order valence-corrected chi connectivity index (χ0v) is 22.2. The summed E-state index contributed by atoms with van der Waals surface area (Å²) < 4.78 is 35.6. The van der Waals surface area contributed by atoms with Gasteiger partial charge in [0.2, 0.25) is 5.95 Å². The molecule has 216 valence electrons. The van der Waals surface area contributed by atoms with Crippen LogP contribution in [0.15, 0.2) is 54.9 Å². The molecule has 4 aromatic rings. The van der Waals surface area contributed by atoms with Crippen LogP contribution in [-0.4, -0.2) is 69.4 Å². The number of hydrogen-bond donors (Lipinski definition) is 8. The van der Waals surface area contributed by atoms with Gasteiger partial charge in [-0.25, -0.2) is 9.71 Å². The number of rotatable bonds is 9. The van der Waals surface area contributed by atoms with Gasteiger partial charge in [-0.1, -0.05) is 24.3 Å². The number of para-hydroxylation sites is 1. The fraction of sp³-hybridized carbons (Fsp3) is 0.250. The van der Waals surface area contributed by atoms with Gasteiger partial charge in [0.1, 0.15) is 17.7 Å². The summed E-state index contributed by atoms with van der Waals surface area (Å²) in [5.41, 5.74) is 17.3. The van der Waals surface area contributed by atoms with Gasteiger partial charge >= 0.3 is 10.2 Å². The molecule has 2 aromatic carbocycles. The van der Waals surface area contributed by atoms with Crippen LogP contribution in [-0.2, 0) is 27.2 Å². The highest BCUT2D eigenvalue weighted by atomic mass is 32.2. The van der Waals surface area contributed by atoms with Gasteiger partial charge in [-0.15, -0.1) is 0 Å². The van der Waals surface area contributed by atoms with Crippen molar-refractivity contribution in [2.75, 3.05) is 29.9 Å². The Morgan fingerprint density at radius 1 is 1.17 bits per heavy atom. The highest BCUT2D eigenvalue weighted by Gasteiger charge is 2.50. The molecule has 0 bridgehead atoms. The maximum absolute atomic E-state index is 12.5. The number of ether oxygens (including phenoxy) is 1. The van der Waals surface area contributed by atoms with Gasteiger partial charge in [0.25, 0.3) is 5.91 Å². The van der Waals surface area contributed by atoms with Crippen molar-refractivity contribution in [3.05, 3.63) is 66.0 Å². The third kappa shape index (κ3) is 5.62. The van der Waals surface area contributed by atoms with Crippen LogP contribution in [0.5, 0.6) is 0 Å². The van der Waals surface area contributed by atoms with Crippen molar-refractivity contribution in [3.8, 4) is 0 Å². The van der Waals surface area contributed by atoms with Crippen LogP contribution in [0, 0.1) is 0 Å². The van der Waals surface area contributed by atoms with Gasteiger partial charge < -0.3 is 37.5 Å². The number of fused-ring (bicyclic) bond motifs is 1. The number of aliphatic hydroxyl groups excluding tert-OH is 1. The topological polar surface area (TPSA) is 259 Å². The molecule has 16 nitrogen and oxygen atoms in total. The van der Waals surface area contributed by atoms with Gasteiger partial charge in [-0.2, -0.15) is 23.1 Å². The highest BCUT2D eigenvalue weighted by Crippen LogP contribution is 2.33. The molecule has 0 saturated carbocycles. The number of nitrogen functional groups attached to an aromatic ring is 2. The van der Waals surface area contributed by atoms with Crippen molar-refractivity contribution < 1.29 is 28.2 Å². The predicted octanol–water partition coefficient (Wildman–Crippen LogP) is -1.14. The Morgan fingerprint density at radius 3 is 2.71 bits per heavy atom. The first-order valence-electron chi connectivity index (χ1n) is 12.3. The van der Waals surface area contributed by atoms with E-state index in [0.717, 1.165) is 5.56 Å². The Labute approximate surface area is 233 Å². The Morgan fingerprint density at radius 2 is 1.95 bits per heavy atom. The van der Waals surface area contributed by atoms with E-state index in [0.29, 0.717) is 12.2 Å². The molecule has 3 atom stereocenters. The Hall–Kier alpha value is -4.39. The molecular formula is C24H28N10O6S. The standard InChI is InChI=1S/C24H28N10O6S/c25-9-13-4-3-5-14(8-13)30-23-31-20(27)18-21(32-23)34(12-28-18)24(37)11-40-17(19(24)35)10-29-41(38,39)33-22(36)15-6-1-2-7-16(15)26/h1-8,12,17,19,29,35,37H,9-11,25-26H2,(H,33,36)(H3,27,30,31,32)/t17-,19-,24-/m1/s1. The van der Waals surface area contributed by atoms with Gasteiger partial charge in [0.05, 0.1) is 18.5 Å². The third-order valence-corrected chi connectivity index (χ3v) is 7.50. The lowest BCUT2D eigenvalue weighted by Crippen LogP contribution is -2.50. The smallest absolute Gasteiger partial charge is 0.301 e. The number of amides is 1. The summed E-state index contributed by atoms with van der Waals surface area (Å²) in [6.45, 7) is -0.588. The van der Waals surface area contributed by atoms with E-state index in [1.54, 1.807) is 12.1 Å². The molecule has 1 saturated heterocycles. The predicted molar refractivity (Wildman–Crippen MR) is 149 cm³/mol. The van der Waals surface area contributed by atoms with E-state index in [9.17, 15) is 23.4 Å². The van der Waals surface area contributed by atoms with Crippen LogP contribution in [0.2, 0.25) is 0 Å². The SMILES string of the molecule is NCc1cccc(Nc2nc(N)c3ncn([C@@]4(O)CO[C@H](CNS(=O)(=O)NC(=O)c5ccccc5N)[C@H]4O)c3n2)c1. The molecule has 2 aromatic heterocycles. The summed E-state index contributed by atoms with van der Waals surface area (Å²) in [7, 11) is -4.38. The first kappa shape index (κ1) is 28.1. The second-order valence-electron chi connectivity index (χ2n) is 9.29. The summed E-state index contributed by atoms with van der Waals surface area (Å²) >= 11 is 0. The molecule has 1 amide bonds. The second-order valence-corrected chi connectivity index (χ2v) is 10.8. The minimum absolute atomic E-state index is 0.0161. The van der Waals surface area contributed by atoms with Crippen molar-refractivity contribution in [2.24, 2.45) is 5.73 Å². The zero-order valence-electron chi connectivity index (χ0n) is 21.4. The summed E-state index contributed by atoms with van der Waals surface area (Å²) in [5, 5.41) is 25.5. The molecule has 1 aliphatic heterocycles. The molecule has 5 rings (SSSR count). The number of benzene rings is 2. The largest absolute Gasteiger partial charge is 0.398 e. The van der Waals surface area contributed by atoms with Crippen molar-refractivity contribution in [1.82, 2.24) is 29.0 Å². The Balaban J connectivity index is 1.32. The van der Waals surface area contributed by atoms with E-state index in [1.807, 2.05) is 22.9 Å². The number of hydrogen-bond acceptors (Lipinski definition) is 13. The summed E-state index contributed by atoms with van der Waals surface area (Å²) in [5.74, 6) is -0.828. The molecule has 41 heavy (non-hydrogen) atoms. The van der Waals surface area contributed by atoms with Crippen LogP contribution in [0.1, 0.15) is 15.9 Å². The van der Waals surface area contributed by atoms with Gasteiger partial charge in [-0.3, -0.25) is 9.36 Å². The average molecular weight is 585 g/mol. The molecule has 17 heteroatoms. The van der Waals surface area contributed by atoms with Crippen LogP contribution < -0.4 is 32.0 Å². The Kier molecular flexibility index (Phi) is 7.47. The lowest BCUT2D eigenvalue weighted by Gasteiger charge is -2.28. The van der Waals surface area contributed by atoms with E-state index in [-0.39, 0.29) is 34.2 Å². The molecule has 3 heterocycles. The lowest BCUT2D eigenvalue weighted by atomic mass is 10.1. The minimum atomic E-state index is -4.38. The zero-order chi connectivity index (χ0) is 29.4. The third-order valence-electron chi connectivity index (χ3n) is 6.50. The quantitative estimate of drug-likeness (QED) is 0.108. The van der Waals surface area contributed by atoms with E-state index in [2.05, 4.69) is 25.0 Å². The number of nitrogens with one attached hydrogen (secondary N) is 3. The minimum Gasteiger partial charge on any atom is -0.398 e. The van der Waals surface area contributed by atoms with E-state index in [4.69, 9.17) is 21.9 Å². The first-order chi connectivity index (χ1) is 19.5. The molecule has 11 N–H and O–H groups in total. The second kappa shape index (κ2) is 10.9. The molecule has 0 radical (unpaired) electrons. The van der Waals surface area contributed by atoms with Crippen LogP contribution >= 0.6 is 0 Å². The Bertz CT molecular complexity index is 1710. The number of aromatic nitrogens is 4. The molecule has 0 aliphatic carbocycles. The number of aliphatic hydroxyl groups is 2. The average Bonchev–Trinajstić information content (AvgIpc) is 3.49. The van der Waals surface area contributed by atoms with Crippen LogP contribution in [0.25, 0.3) is 11.2 Å². The van der Waals surface area contributed by atoms with E-state index >= 15 is 0 Å². The monoisotopic (exact) mass is 584 g/mol. The van der Waals surface area contributed by atoms with Crippen molar-refractivity contribution in [2.45, 2.75) is 24.5 Å². The van der Waals surface area contributed by atoms with Crippen molar-refractivity contribution in [1.29, 1.82) is 0 Å². The first-order valence-corrected chi connectivity index (χ1v) is 13.7. The maximum Gasteiger partial charge on any atom is 0.301 e. The lowest BCUT2D eigenvalue weighted by molar-refractivity contribution is -0.107. The fourth-order valence-electron chi connectivity index (χ4n) is 4.36. The fourth-order valence-corrected chi connectivity index (χ4v) is 5.17. The van der Waals surface area contributed by atoms with Gasteiger partial charge in [-0.05, 0) is 29.8 Å².